The first-order valence-electron chi connectivity index (χ1n) is 7.97. The summed E-state index contributed by atoms with van der Waals surface area (Å²) >= 11 is 0. The summed E-state index contributed by atoms with van der Waals surface area (Å²) in [5, 5.41) is -0.0946. The molecule has 3 fully saturated rings. The zero-order valence-electron chi connectivity index (χ0n) is 12.7. The Balaban J connectivity index is 1.49. The van der Waals surface area contributed by atoms with Gasteiger partial charge in [0.1, 0.15) is 0 Å². The lowest BCUT2D eigenvalue weighted by molar-refractivity contribution is -0.130. The molecule has 1 amide bonds. The molecule has 0 unspecified atom stereocenters. The normalized spacial score (nSPS) is 27.0. The minimum absolute atomic E-state index is 0.0946. The van der Waals surface area contributed by atoms with Crippen LogP contribution in [0, 0.1) is 0 Å². The molecule has 1 saturated carbocycles. The van der Waals surface area contributed by atoms with Crippen molar-refractivity contribution in [3.63, 3.8) is 0 Å². The standard InChI is InChI=1S/C14H25N3O3S/c1-12(18)15-6-4-13(5-7-15)16-8-10-17(11-9-16)21(19,20)14-2-3-14/h13-14H,2-11H2,1H3. The second kappa shape index (κ2) is 5.85. The van der Waals surface area contributed by atoms with E-state index in [4.69, 9.17) is 0 Å². The molecule has 21 heavy (non-hydrogen) atoms. The number of likely N-dealkylation sites (tertiary alicyclic amines) is 1. The minimum atomic E-state index is -3.01. The summed E-state index contributed by atoms with van der Waals surface area (Å²) in [6.45, 7) is 6.22. The Morgan fingerprint density at radius 2 is 1.48 bits per heavy atom. The van der Waals surface area contributed by atoms with Gasteiger partial charge in [0, 0.05) is 52.2 Å². The number of hydrogen-bond donors (Lipinski definition) is 0. The van der Waals surface area contributed by atoms with Crippen LogP contribution in [0.2, 0.25) is 0 Å². The van der Waals surface area contributed by atoms with Gasteiger partial charge in [-0.2, -0.15) is 4.31 Å². The van der Waals surface area contributed by atoms with Crippen molar-refractivity contribution < 1.29 is 13.2 Å². The third-order valence-electron chi connectivity index (χ3n) is 5.00. The molecule has 2 saturated heterocycles. The van der Waals surface area contributed by atoms with E-state index in [2.05, 4.69) is 4.90 Å². The van der Waals surface area contributed by atoms with Crippen LogP contribution in [-0.2, 0) is 14.8 Å². The maximum atomic E-state index is 12.2. The van der Waals surface area contributed by atoms with Gasteiger partial charge in [-0.05, 0) is 25.7 Å². The summed E-state index contributed by atoms with van der Waals surface area (Å²) in [7, 11) is -3.01. The molecule has 3 aliphatic rings. The summed E-state index contributed by atoms with van der Waals surface area (Å²) in [6, 6.07) is 0.506. The molecule has 1 aliphatic carbocycles. The smallest absolute Gasteiger partial charge is 0.219 e. The third-order valence-corrected chi connectivity index (χ3v) is 7.40. The van der Waals surface area contributed by atoms with Crippen LogP contribution >= 0.6 is 0 Å². The van der Waals surface area contributed by atoms with E-state index in [1.54, 1.807) is 11.2 Å². The van der Waals surface area contributed by atoms with E-state index < -0.39 is 10.0 Å². The summed E-state index contributed by atoms with van der Waals surface area (Å²) in [4.78, 5) is 15.7. The molecule has 0 aromatic heterocycles. The zero-order valence-corrected chi connectivity index (χ0v) is 13.5. The van der Waals surface area contributed by atoms with Crippen molar-refractivity contribution in [2.75, 3.05) is 39.3 Å². The van der Waals surface area contributed by atoms with Crippen LogP contribution in [0.1, 0.15) is 32.6 Å². The highest BCUT2D eigenvalue weighted by Gasteiger charge is 2.41. The van der Waals surface area contributed by atoms with Crippen LogP contribution in [0.4, 0.5) is 0 Å². The number of amides is 1. The Morgan fingerprint density at radius 3 is 1.95 bits per heavy atom. The molecule has 2 heterocycles. The first-order chi connectivity index (χ1) is 9.98. The Bertz CT molecular complexity index is 488. The van der Waals surface area contributed by atoms with Crippen LogP contribution in [0.25, 0.3) is 0 Å². The summed E-state index contributed by atoms with van der Waals surface area (Å²) in [6.07, 6.45) is 3.70. The number of nitrogens with zero attached hydrogens (tertiary/aromatic N) is 3. The van der Waals surface area contributed by atoms with Gasteiger partial charge in [-0.25, -0.2) is 8.42 Å². The van der Waals surface area contributed by atoms with Gasteiger partial charge in [-0.15, -0.1) is 0 Å². The topological polar surface area (TPSA) is 60.9 Å². The molecule has 120 valence electrons. The number of rotatable bonds is 3. The highest BCUT2D eigenvalue weighted by Crippen LogP contribution is 2.31. The van der Waals surface area contributed by atoms with E-state index >= 15 is 0 Å². The van der Waals surface area contributed by atoms with Crippen molar-refractivity contribution in [1.29, 1.82) is 0 Å². The predicted molar refractivity (Wildman–Crippen MR) is 80.4 cm³/mol. The lowest BCUT2D eigenvalue weighted by Gasteiger charge is -2.42. The summed E-state index contributed by atoms with van der Waals surface area (Å²) < 4.78 is 26.1. The summed E-state index contributed by atoms with van der Waals surface area (Å²) in [5.74, 6) is 0.161. The number of piperidine rings is 1. The zero-order chi connectivity index (χ0) is 15.0. The number of piperazine rings is 1. The van der Waals surface area contributed by atoms with E-state index in [-0.39, 0.29) is 11.2 Å². The molecule has 3 rings (SSSR count). The molecule has 6 nitrogen and oxygen atoms in total. The van der Waals surface area contributed by atoms with E-state index in [0.717, 1.165) is 51.9 Å². The average Bonchev–Trinajstić information content (AvgIpc) is 3.32. The molecule has 0 N–H and O–H groups in total. The fraction of sp³-hybridized carbons (Fsp3) is 0.929. The molecular formula is C14H25N3O3S. The second-order valence-electron chi connectivity index (χ2n) is 6.42. The van der Waals surface area contributed by atoms with Crippen LogP contribution in [-0.4, -0.2) is 79.0 Å². The predicted octanol–water partition coefficient (Wildman–Crippen LogP) is 0.107. The van der Waals surface area contributed by atoms with Crippen molar-refractivity contribution >= 4 is 15.9 Å². The number of carbonyl (C=O) groups is 1. The third kappa shape index (κ3) is 3.24. The highest BCUT2D eigenvalue weighted by molar-refractivity contribution is 7.90. The lowest BCUT2D eigenvalue weighted by Crippen LogP contribution is -2.55. The molecule has 0 atom stereocenters. The molecular weight excluding hydrogens is 290 g/mol. The van der Waals surface area contributed by atoms with Crippen molar-refractivity contribution in [2.24, 2.45) is 0 Å². The van der Waals surface area contributed by atoms with E-state index in [1.165, 1.54) is 0 Å². The number of hydrogen-bond acceptors (Lipinski definition) is 4. The Hall–Kier alpha value is -0.660. The van der Waals surface area contributed by atoms with Gasteiger partial charge in [0.15, 0.2) is 0 Å². The van der Waals surface area contributed by atoms with E-state index in [9.17, 15) is 13.2 Å². The maximum absolute atomic E-state index is 12.2. The van der Waals surface area contributed by atoms with Crippen molar-refractivity contribution in [3.05, 3.63) is 0 Å². The quantitative estimate of drug-likeness (QED) is 0.741. The van der Waals surface area contributed by atoms with Crippen molar-refractivity contribution in [2.45, 2.75) is 43.9 Å². The Morgan fingerprint density at radius 1 is 0.905 bits per heavy atom. The molecule has 0 bridgehead atoms. The first kappa shape index (κ1) is 15.2. The Kier molecular flexibility index (Phi) is 4.25. The van der Waals surface area contributed by atoms with Crippen LogP contribution in [0.3, 0.4) is 0 Å². The van der Waals surface area contributed by atoms with Crippen molar-refractivity contribution in [3.8, 4) is 0 Å². The fourth-order valence-electron chi connectivity index (χ4n) is 3.45. The van der Waals surface area contributed by atoms with Crippen molar-refractivity contribution in [1.82, 2.24) is 14.1 Å². The van der Waals surface area contributed by atoms with Gasteiger partial charge in [0.2, 0.25) is 15.9 Å². The second-order valence-corrected chi connectivity index (χ2v) is 8.63. The SMILES string of the molecule is CC(=O)N1CCC(N2CCN(S(=O)(=O)C3CC3)CC2)CC1. The minimum Gasteiger partial charge on any atom is -0.343 e. The van der Waals surface area contributed by atoms with Gasteiger partial charge >= 0.3 is 0 Å². The van der Waals surface area contributed by atoms with Gasteiger partial charge in [-0.1, -0.05) is 0 Å². The molecule has 0 aromatic rings. The highest BCUT2D eigenvalue weighted by atomic mass is 32.2. The number of carbonyl (C=O) groups excluding carboxylic acids is 1. The molecule has 0 spiro atoms. The molecule has 0 aromatic carbocycles. The molecule has 0 radical (unpaired) electrons. The van der Waals surface area contributed by atoms with Gasteiger partial charge < -0.3 is 4.90 Å². The largest absolute Gasteiger partial charge is 0.343 e. The summed E-state index contributed by atoms with van der Waals surface area (Å²) in [5.41, 5.74) is 0. The van der Waals surface area contributed by atoms with E-state index in [1.807, 2.05) is 4.90 Å². The van der Waals surface area contributed by atoms with Crippen LogP contribution < -0.4 is 0 Å². The van der Waals surface area contributed by atoms with Crippen LogP contribution in [0.5, 0.6) is 0 Å². The van der Waals surface area contributed by atoms with Gasteiger partial charge in [0.05, 0.1) is 5.25 Å². The maximum Gasteiger partial charge on any atom is 0.219 e. The fourth-order valence-corrected chi connectivity index (χ4v) is 5.27. The van der Waals surface area contributed by atoms with Gasteiger partial charge in [0.25, 0.3) is 0 Å². The average molecular weight is 315 g/mol. The monoisotopic (exact) mass is 315 g/mol. The molecule has 7 heteroatoms. The van der Waals surface area contributed by atoms with Gasteiger partial charge in [-0.3, -0.25) is 9.69 Å². The molecule has 2 aliphatic heterocycles. The van der Waals surface area contributed by atoms with E-state index in [0.29, 0.717) is 19.1 Å². The Labute approximate surface area is 127 Å². The first-order valence-corrected chi connectivity index (χ1v) is 9.47. The number of sulfonamides is 1. The van der Waals surface area contributed by atoms with Crippen LogP contribution in [0.15, 0.2) is 0 Å². The lowest BCUT2D eigenvalue weighted by atomic mass is 10.0.